The molecule has 1 aromatic heterocycles. The van der Waals surface area contributed by atoms with Gasteiger partial charge in [-0.1, -0.05) is 18.5 Å². The van der Waals surface area contributed by atoms with Crippen molar-refractivity contribution in [2.24, 2.45) is 0 Å². The largest absolute Gasteiger partial charge is 0.456 e. The van der Waals surface area contributed by atoms with E-state index in [1.165, 1.54) is 6.07 Å². The lowest BCUT2D eigenvalue weighted by Gasteiger charge is -2.10. The maximum Gasteiger partial charge on any atom is 0.338 e. The third-order valence-corrected chi connectivity index (χ3v) is 2.80. The average molecular weight is 256 g/mol. The van der Waals surface area contributed by atoms with Gasteiger partial charge in [-0.05, 0) is 18.6 Å². The van der Waals surface area contributed by atoms with E-state index in [1.807, 2.05) is 6.92 Å². The molecule has 0 spiro atoms. The molecule has 1 atom stereocenters. The van der Waals surface area contributed by atoms with Crippen molar-refractivity contribution in [2.45, 2.75) is 25.9 Å². The molecule has 0 saturated carbocycles. The zero-order valence-corrected chi connectivity index (χ0v) is 10.4. The van der Waals surface area contributed by atoms with Crippen molar-refractivity contribution in [1.82, 2.24) is 4.98 Å². The number of nitrogens with zero attached hydrogens (tertiary/aromatic N) is 1. The van der Waals surface area contributed by atoms with Crippen LogP contribution in [0.2, 0.25) is 5.15 Å². The molecule has 1 fully saturated rings. The first-order valence-corrected chi connectivity index (χ1v) is 6.02. The van der Waals surface area contributed by atoms with Crippen molar-refractivity contribution in [2.75, 3.05) is 13.2 Å². The van der Waals surface area contributed by atoms with Gasteiger partial charge in [0.15, 0.2) is 0 Å². The van der Waals surface area contributed by atoms with Crippen LogP contribution in [0.3, 0.4) is 0 Å². The Morgan fingerprint density at radius 1 is 1.65 bits per heavy atom. The van der Waals surface area contributed by atoms with Gasteiger partial charge in [0.25, 0.3) is 0 Å². The Labute approximate surface area is 105 Å². The van der Waals surface area contributed by atoms with E-state index in [0.29, 0.717) is 23.9 Å². The maximum absolute atomic E-state index is 11.9. The zero-order valence-electron chi connectivity index (χ0n) is 9.61. The molecule has 1 aliphatic rings. The molecule has 17 heavy (non-hydrogen) atoms. The first kappa shape index (κ1) is 12.3. The Balaban J connectivity index is 2.09. The second-order valence-corrected chi connectivity index (χ2v) is 4.30. The summed E-state index contributed by atoms with van der Waals surface area (Å²) in [5.41, 5.74) is 1.24. The number of rotatable bonds is 3. The molecule has 0 aliphatic carbocycles. The monoisotopic (exact) mass is 255 g/mol. The van der Waals surface area contributed by atoms with Gasteiger partial charge < -0.3 is 9.47 Å². The van der Waals surface area contributed by atoms with Crippen LogP contribution in [0.25, 0.3) is 0 Å². The van der Waals surface area contributed by atoms with Crippen LogP contribution in [0, 0.1) is 0 Å². The van der Waals surface area contributed by atoms with Crippen LogP contribution in [0.4, 0.5) is 0 Å². The molecule has 2 rings (SSSR count). The highest BCUT2D eigenvalue weighted by atomic mass is 35.5. The van der Waals surface area contributed by atoms with Gasteiger partial charge in [-0.15, -0.1) is 0 Å². The molecule has 4 nitrogen and oxygen atoms in total. The zero-order chi connectivity index (χ0) is 12.3. The number of carbonyl (C=O) groups excluding carboxylic acids is 1. The minimum Gasteiger partial charge on any atom is -0.456 e. The summed E-state index contributed by atoms with van der Waals surface area (Å²) in [7, 11) is 0. The van der Waals surface area contributed by atoms with Crippen molar-refractivity contribution in [3.8, 4) is 0 Å². The van der Waals surface area contributed by atoms with Crippen LogP contribution in [-0.2, 0) is 15.9 Å². The number of ether oxygens (including phenoxy) is 2. The molecule has 1 saturated heterocycles. The van der Waals surface area contributed by atoms with E-state index in [1.54, 1.807) is 6.07 Å². The number of aryl methyl sites for hydroxylation is 1. The lowest BCUT2D eigenvalue weighted by Crippen LogP contribution is -2.18. The van der Waals surface area contributed by atoms with E-state index in [0.717, 1.165) is 18.5 Å². The maximum atomic E-state index is 11.9. The highest BCUT2D eigenvalue weighted by Gasteiger charge is 2.21. The molecule has 5 heteroatoms. The fourth-order valence-electron chi connectivity index (χ4n) is 1.68. The van der Waals surface area contributed by atoms with Gasteiger partial charge in [0.1, 0.15) is 11.3 Å². The van der Waals surface area contributed by atoms with Gasteiger partial charge >= 0.3 is 5.97 Å². The minimum absolute atomic E-state index is 0.139. The fourth-order valence-corrected chi connectivity index (χ4v) is 1.90. The Morgan fingerprint density at radius 2 is 2.47 bits per heavy atom. The molecule has 1 aromatic rings. The van der Waals surface area contributed by atoms with Crippen LogP contribution in [0.1, 0.15) is 29.4 Å². The van der Waals surface area contributed by atoms with Crippen molar-refractivity contribution < 1.29 is 14.3 Å². The summed E-state index contributed by atoms with van der Waals surface area (Å²) in [5.74, 6) is -0.362. The van der Waals surface area contributed by atoms with Crippen molar-refractivity contribution in [1.29, 1.82) is 0 Å². The highest BCUT2D eigenvalue weighted by molar-refractivity contribution is 6.29. The topological polar surface area (TPSA) is 48.4 Å². The van der Waals surface area contributed by atoms with Gasteiger partial charge in [-0.2, -0.15) is 0 Å². The second kappa shape index (κ2) is 5.47. The van der Waals surface area contributed by atoms with E-state index >= 15 is 0 Å². The summed E-state index contributed by atoms with van der Waals surface area (Å²) in [6.07, 6.45) is 1.35. The third-order valence-electron chi connectivity index (χ3n) is 2.61. The molecular weight excluding hydrogens is 242 g/mol. The van der Waals surface area contributed by atoms with Gasteiger partial charge in [0, 0.05) is 12.1 Å². The van der Waals surface area contributed by atoms with E-state index in [9.17, 15) is 4.79 Å². The van der Waals surface area contributed by atoms with E-state index in [2.05, 4.69) is 4.98 Å². The Bertz CT molecular complexity index is 416. The first-order valence-electron chi connectivity index (χ1n) is 5.64. The van der Waals surface area contributed by atoms with Gasteiger partial charge in [-0.25, -0.2) is 9.78 Å². The standard InChI is InChI=1S/C12H14ClNO3/c1-2-9-5-8(6-11(13)14-9)12(15)17-10-3-4-16-7-10/h5-6,10H,2-4,7H2,1H3. The van der Waals surface area contributed by atoms with Crippen LogP contribution >= 0.6 is 11.6 Å². The summed E-state index contributed by atoms with van der Waals surface area (Å²) in [6, 6.07) is 3.24. The summed E-state index contributed by atoms with van der Waals surface area (Å²) in [5, 5.41) is 0.318. The van der Waals surface area contributed by atoms with Gasteiger partial charge in [-0.3, -0.25) is 0 Å². The van der Waals surface area contributed by atoms with E-state index < -0.39 is 0 Å². The van der Waals surface area contributed by atoms with Crippen LogP contribution in [-0.4, -0.2) is 30.3 Å². The predicted octanol–water partition coefficient (Wildman–Crippen LogP) is 2.24. The number of hydrogen-bond donors (Lipinski definition) is 0. The summed E-state index contributed by atoms with van der Waals surface area (Å²) < 4.78 is 10.4. The molecule has 2 heterocycles. The smallest absolute Gasteiger partial charge is 0.338 e. The van der Waals surface area contributed by atoms with Gasteiger partial charge in [0.05, 0.1) is 18.8 Å². The number of carbonyl (C=O) groups is 1. The first-order chi connectivity index (χ1) is 8.19. The Hall–Kier alpha value is -1.13. The lowest BCUT2D eigenvalue weighted by atomic mass is 10.2. The molecule has 0 radical (unpaired) electrons. The highest BCUT2D eigenvalue weighted by Crippen LogP contribution is 2.15. The molecule has 1 aliphatic heterocycles. The van der Waals surface area contributed by atoms with Crippen molar-refractivity contribution in [3.05, 3.63) is 28.5 Å². The molecule has 0 N–H and O–H groups in total. The van der Waals surface area contributed by atoms with Crippen LogP contribution in [0.5, 0.6) is 0 Å². The second-order valence-electron chi connectivity index (χ2n) is 3.91. The minimum atomic E-state index is -0.362. The number of aromatic nitrogens is 1. The van der Waals surface area contributed by atoms with E-state index in [4.69, 9.17) is 21.1 Å². The summed E-state index contributed by atoms with van der Waals surface area (Å²) >= 11 is 5.85. The number of esters is 1. The predicted molar refractivity (Wildman–Crippen MR) is 63.3 cm³/mol. The molecule has 0 bridgehead atoms. The SMILES string of the molecule is CCc1cc(C(=O)OC2CCOC2)cc(Cl)n1. The number of pyridine rings is 1. The molecular formula is C12H14ClNO3. The lowest BCUT2D eigenvalue weighted by molar-refractivity contribution is 0.0270. The Morgan fingerprint density at radius 3 is 3.12 bits per heavy atom. The van der Waals surface area contributed by atoms with Crippen molar-refractivity contribution in [3.63, 3.8) is 0 Å². The third kappa shape index (κ3) is 3.17. The van der Waals surface area contributed by atoms with Crippen LogP contribution in [0.15, 0.2) is 12.1 Å². The molecule has 0 amide bonds. The normalized spacial score (nSPS) is 19.3. The van der Waals surface area contributed by atoms with Gasteiger partial charge in [0.2, 0.25) is 0 Å². The molecule has 92 valence electrons. The number of halogens is 1. The summed E-state index contributed by atoms with van der Waals surface area (Å²) in [6.45, 7) is 3.08. The van der Waals surface area contributed by atoms with E-state index in [-0.39, 0.29) is 12.1 Å². The van der Waals surface area contributed by atoms with Crippen molar-refractivity contribution >= 4 is 17.6 Å². The molecule has 0 aromatic carbocycles. The molecule has 1 unspecified atom stereocenters. The van der Waals surface area contributed by atoms with Crippen LogP contribution < -0.4 is 0 Å². The number of hydrogen-bond acceptors (Lipinski definition) is 4. The summed E-state index contributed by atoms with van der Waals surface area (Å²) in [4.78, 5) is 16.0. The average Bonchev–Trinajstić information content (AvgIpc) is 2.81. The Kier molecular flexibility index (Phi) is 3.97. The fraction of sp³-hybridized carbons (Fsp3) is 0.500. The quantitative estimate of drug-likeness (QED) is 0.614.